The number of carbonyl (C=O) groups excluding carboxylic acids is 2. The molecule has 0 aromatic carbocycles. The number of aromatic nitrogens is 1. The second-order valence-electron chi connectivity index (χ2n) is 11.2. The van der Waals surface area contributed by atoms with E-state index in [-0.39, 0.29) is 36.9 Å². The Bertz CT molecular complexity index is 1350. The van der Waals surface area contributed by atoms with Crippen molar-refractivity contribution >= 4 is 29.4 Å². The second-order valence-corrected chi connectivity index (χ2v) is 11.2. The van der Waals surface area contributed by atoms with Crippen LogP contribution in [0.3, 0.4) is 0 Å². The van der Waals surface area contributed by atoms with Crippen LogP contribution in [0.1, 0.15) is 62.2 Å². The van der Waals surface area contributed by atoms with Gasteiger partial charge < -0.3 is 24.1 Å². The van der Waals surface area contributed by atoms with Crippen LogP contribution in [0.15, 0.2) is 52.1 Å². The highest BCUT2D eigenvalue weighted by Crippen LogP contribution is 2.50. The normalized spacial score (nSPS) is 24.0. The lowest BCUT2D eigenvalue weighted by Gasteiger charge is -2.31. The molecule has 0 bridgehead atoms. The SMILES string of the molecule is COCC1=C2[C@@H](CC/C(=C/c3ccc(CO)o3)c3ccccn3)OC[C@@H]2[C@@H]2C(=O)N(CCCCCC(=O)O)C(=O)[C@@H]2C1. The van der Waals surface area contributed by atoms with Crippen LogP contribution in [-0.4, -0.2) is 70.9 Å². The molecule has 2 aliphatic heterocycles. The van der Waals surface area contributed by atoms with Gasteiger partial charge in [-0.2, -0.15) is 0 Å². The number of aliphatic hydroxyl groups excluding tert-OH is 1. The summed E-state index contributed by atoms with van der Waals surface area (Å²) in [4.78, 5) is 43.7. The fraction of sp³-hybridized carbons (Fsp3) is 0.500. The summed E-state index contributed by atoms with van der Waals surface area (Å²) in [5.74, 6) is -1.04. The third-order valence-electron chi connectivity index (χ3n) is 8.51. The summed E-state index contributed by atoms with van der Waals surface area (Å²) in [6.45, 7) is 0.899. The zero-order chi connectivity index (χ0) is 29.6. The summed E-state index contributed by atoms with van der Waals surface area (Å²) in [5.41, 5.74) is 3.91. The van der Waals surface area contributed by atoms with Gasteiger partial charge >= 0.3 is 5.97 Å². The van der Waals surface area contributed by atoms with Crippen molar-refractivity contribution in [3.8, 4) is 0 Å². The molecule has 3 aliphatic rings. The van der Waals surface area contributed by atoms with Crippen LogP contribution in [0.2, 0.25) is 0 Å². The maximum absolute atomic E-state index is 13.6. The molecule has 42 heavy (non-hydrogen) atoms. The van der Waals surface area contributed by atoms with E-state index >= 15 is 0 Å². The molecule has 224 valence electrons. The number of amides is 2. The molecule has 0 saturated carbocycles. The number of hydrogen-bond acceptors (Lipinski definition) is 8. The van der Waals surface area contributed by atoms with E-state index in [2.05, 4.69) is 4.98 Å². The lowest BCUT2D eigenvalue weighted by molar-refractivity contribution is -0.141. The maximum Gasteiger partial charge on any atom is 0.303 e. The third kappa shape index (κ3) is 6.40. The van der Waals surface area contributed by atoms with Crippen LogP contribution >= 0.6 is 0 Å². The second kappa shape index (κ2) is 13.6. The number of pyridine rings is 1. The monoisotopic (exact) mass is 578 g/mol. The molecule has 10 heteroatoms. The summed E-state index contributed by atoms with van der Waals surface area (Å²) in [5, 5.41) is 18.3. The van der Waals surface area contributed by atoms with Gasteiger partial charge in [-0.05, 0) is 79.2 Å². The number of rotatable bonds is 14. The average Bonchev–Trinajstić information content (AvgIpc) is 3.69. The Morgan fingerprint density at radius 1 is 1.12 bits per heavy atom. The van der Waals surface area contributed by atoms with E-state index in [0.29, 0.717) is 69.8 Å². The van der Waals surface area contributed by atoms with Crippen LogP contribution < -0.4 is 0 Å². The molecule has 0 spiro atoms. The first-order valence-corrected chi connectivity index (χ1v) is 14.6. The summed E-state index contributed by atoms with van der Waals surface area (Å²) in [6.07, 6.45) is 7.08. The molecule has 10 nitrogen and oxygen atoms in total. The Kier molecular flexibility index (Phi) is 9.66. The fourth-order valence-corrected chi connectivity index (χ4v) is 6.63. The Morgan fingerprint density at radius 3 is 2.69 bits per heavy atom. The van der Waals surface area contributed by atoms with Crippen LogP contribution in [-0.2, 0) is 30.5 Å². The summed E-state index contributed by atoms with van der Waals surface area (Å²) in [7, 11) is 1.64. The van der Waals surface area contributed by atoms with Gasteiger partial charge in [-0.1, -0.05) is 12.5 Å². The van der Waals surface area contributed by atoms with Gasteiger partial charge in [0.2, 0.25) is 11.8 Å². The molecule has 2 aromatic rings. The predicted molar refractivity (Wildman–Crippen MR) is 153 cm³/mol. The first kappa shape index (κ1) is 29.9. The number of nitrogens with zero attached hydrogens (tertiary/aromatic N) is 2. The summed E-state index contributed by atoms with van der Waals surface area (Å²) >= 11 is 0. The summed E-state index contributed by atoms with van der Waals surface area (Å²) in [6, 6.07) is 9.30. The fourth-order valence-electron chi connectivity index (χ4n) is 6.63. The number of likely N-dealkylation sites (tertiary alicyclic amines) is 1. The first-order valence-electron chi connectivity index (χ1n) is 14.6. The predicted octanol–water partition coefficient (Wildman–Crippen LogP) is 4.10. The minimum Gasteiger partial charge on any atom is -0.481 e. The average molecular weight is 579 g/mol. The largest absolute Gasteiger partial charge is 0.481 e. The lowest BCUT2D eigenvalue weighted by atomic mass is 9.69. The molecule has 4 atom stereocenters. The number of allylic oxidation sites excluding steroid dienone is 1. The van der Waals surface area contributed by atoms with Crippen molar-refractivity contribution in [3.05, 3.63) is 64.9 Å². The molecule has 2 saturated heterocycles. The van der Waals surface area contributed by atoms with Crippen molar-refractivity contribution in [2.75, 3.05) is 26.9 Å². The number of imide groups is 1. The molecule has 4 heterocycles. The molecule has 0 unspecified atom stereocenters. The van der Waals surface area contributed by atoms with Crippen molar-refractivity contribution in [3.63, 3.8) is 0 Å². The quantitative estimate of drug-likeness (QED) is 0.193. The van der Waals surface area contributed by atoms with Crippen LogP contribution in [0.4, 0.5) is 0 Å². The van der Waals surface area contributed by atoms with Gasteiger partial charge in [-0.3, -0.25) is 24.3 Å². The van der Waals surface area contributed by atoms with E-state index in [1.54, 1.807) is 19.4 Å². The molecule has 2 fully saturated rings. The number of ether oxygens (including phenoxy) is 2. The number of unbranched alkanes of at least 4 members (excludes halogenated alkanes) is 2. The number of hydrogen-bond donors (Lipinski definition) is 2. The van der Waals surface area contributed by atoms with Gasteiger partial charge in [-0.25, -0.2) is 0 Å². The Labute approximate surface area is 245 Å². The van der Waals surface area contributed by atoms with E-state index < -0.39 is 17.8 Å². The lowest BCUT2D eigenvalue weighted by Crippen LogP contribution is -2.35. The molecule has 1 aliphatic carbocycles. The highest BCUT2D eigenvalue weighted by Gasteiger charge is 2.56. The van der Waals surface area contributed by atoms with E-state index in [0.717, 1.165) is 22.4 Å². The van der Waals surface area contributed by atoms with Gasteiger partial charge in [0.25, 0.3) is 0 Å². The zero-order valence-corrected chi connectivity index (χ0v) is 23.9. The molecular formula is C32H38N2O8. The number of furan rings is 1. The van der Waals surface area contributed by atoms with Gasteiger partial charge in [0.05, 0.1) is 36.8 Å². The van der Waals surface area contributed by atoms with Gasteiger partial charge in [0.1, 0.15) is 18.1 Å². The van der Waals surface area contributed by atoms with Crippen LogP contribution in [0.25, 0.3) is 11.6 Å². The minimum absolute atomic E-state index is 0.0874. The Hall–Kier alpha value is -3.60. The standard InChI is InChI=1S/C32H38N2O8/c1-40-18-21-16-24-30(32(39)34(31(24)38)14-6-2-3-8-28(36)37)25-19-41-27(29(21)25)12-9-20(26-7-4-5-13-33-26)15-22-10-11-23(17-35)42-22/h4-5,7,10-11,13,15,24-25,27,30,35H,2-3,6,8-9,12,14,16-19H2,1H3,(H,36,37)/b20-15-/t24-,25+,27-,30-/m1/s1. The number of carboxylic acids is 1. The van der Waals surface area contributed by atoms with E-state index in [1.807, 2.05) is 30.3 Å². The van der Waals surface area contributed by atoms with Crippen LogP contribution in [0, 0.1) is 17.8 Å². The van der Waals surface area contributed by atoms with Crippen molar-refractivity contribution in [2.24, 2.45) is 17.8 Å². The molecular weight excluding hydrogens is 540 g/mol. The number of fused-ring (bicyclic) bond motifs is 3. The van der Waals surface area contributed by atoms with E-state index in [9.17, 15) is 19.5 Å². The van der Waals surface area contributed by atoms with Crippen LogP contribution in [0.5, 0.6) is 0 Å². The van der Waals surface area contributed by atoms with Gasteiger partial charge in [0, 0.05) is 32.2 Å². The smallest absolute Gasteiger partial charge is 0.303 e. The first-order chi connectivity index (χ1) is 20.4. The minimum atomic E-state index is -0.839. The molecule has 2 N–H and O–H groups in total. The molecule has 0 radical (unpaired) electrons. The maximum atomic E-state index is 13.6. The third-order valence-corrected chi connectivity index (χ3v) is 8.51. The summed E-state index contributed by atoms with van der Waals surface area (Å²) < 4.78 is 17.6. The Morgan fingerprint density at radius 2 is 1.98 bits per heavy atom. The highest BCUT2D eigenvalue weighted by atomic mass is 16.5. The number of aliphatic carboxylic acids is 1. The van der Waals surface area contributed by atoms with Gasteiger partial charge in [0.15, 0.2) is 0 Å². The zero-order valence-electron chi connectivity index (χ0n) is 23.9. The van der Waals surface area contributed by atoms with Crippen molar-refractivity contribution in [1.29, 1.82) is 0 Å². The number of carboxylic acid groups (broad SMARTS) is 1. The topological polar surface area (TPSA) is 139 Å². The Balaban J connectivity index is 1.32. The van der Waals surface area contributed by atoms with Gasteiger partial charge in [-0.15, -0.1) is 0 Å². The van der Waals surface area contributed by atoms with E-state index in [4.69, 9.17) is 19.0 Å². The van der Waals surface area contributed by atoms with Crippen molar-refractivity contribution in [2.45, 2.75) is 57.7 Å². The number of carbonyl (C=O) groups is 3. The van der Waals surface area contributed by atoms with Crippen molar-refractivity contribution < 1.29 is 38.5 Å². The highest BCUT2D eigenvalue weighted by molar-refractivity contribution is 6.06. The molecule has 2 amide bonds. The van der Waals surface area contributed by atoms with Crippen molar-refractivity contribution in [1.82, 2.24) is 9.88 Å². The molecule has 5 rings (SSSR count). The molecule has 2 aromatic heterocycles. The van der Waals surface area contributed by atoms with E-state index in [1.165, 1.54) is 4.90 Å². The number of aliphatic hydroxyl groups is 1. The number of methoxy groups -OCH3 is 1.